The Hall–Kier alpha value is -1.32. The maximum absolute atomic E-state index is 12.2. The minimum Gasteiger partial charge on any atom is -0.497 e. The van der Waals surface area contributed by atoms with Gasteiger partial charge in [0.2, 0.25) is 0 Å². The third-order valence-electron chi connectivity index (χ3n) is 6.82. The minimum absolute atomic E-state index is 0.309. The van der Waals surface area contributed by atoms with Crippen molar-refractivity contribution in [3.63, 3.8) is 0 Å². The molecular weight excluding hydrogens is 346 g/mol. The van der Waals surface area contributed by atoms with Gasteiger partial charge in [0.1, 0.15) is 5.75 Å². The first-order valence-corrected chi connectivity index (χ1v) is 11.2. The molecule has 1 aromatic rings. The number of hydrogen-bond acceptors (Lipinski definition) is 3. The lowest BCUT2D eigenvalue weighted by Gasteiger charge is -2.41. The number of aliphatic hydroxyl groups is 1. The molecule has 0 aromatic heterocycles. The van der Waals surface area contributed by atoms with E-state index in [0.29, 0.717) is 11.8 Å². The Labute approximate surface area is 171 Å². The van der Waals surface area contributed by atoms with E-state index in [1.807, 2.05) is 12.1 Å². The molecular formula is C25H39NO2. The Morgan fingerprint density at radius 2 is 1.86 bits per heavy atom. The van der Waals surface area contributed by atoms with Crippen LogP contribution < -0.4 is 4.74 Å². The summed E-state index contributed by atoms with van der Waals surface area (Å²) >= 11 is 0. The van der Waals surface area contributed by atoms with E-state index in [2.05, 4.69) is 37.2 Å². The molecule has 3 nitrogen and oxygen atoms in total. The zero-order valence-electron chi connectivity index (χ0n) is 18.1. The zero-order valence-corrected chi connectivity index (χ0v) is 18.1. The number of methoxy groups -OCH3 is 1. The largest absolute Gasteiger partial charge is 0.497 e. The van der Waals surface area contributed by atoms with Crippen molar-refractivity contribution in [1.29, 1.82) is 0 Å². The van der Waals surface area contributed by atoms with E-state index in [9.17, 15) is 5.11 Å². The Bertz CT molecular complexity index is 648. The van der Waals surface area contributed by atoms with Gasteiger partial charge >= 0.3 is 0 Å². The molecule has 2 aliphatic carbocycles. The molecule has 0 saturated heterocycles. The van der Waals surface area contributed by atoms with Gasteiger partial charge in [-0.1, -0.05) is 56.7 Å². The SMILES string of the molecule is COc1cccc(/C=C2\CCCCC(CN(C)C)C2(O)CC2CCCCC2)c1. The van der Waals surface area contributed by atoms with Crippen LogP contribution in [0.4, 0.5) is 0 Å². The second-order valence-corrected chi connectivity index (χ2v) is 9.28. The Morgan fingerprint density at radius 3 is 2.57 bits per heavy atom. The quantitative estimate of drug-likeness (QED) is 0.653. The molecule has 0 aliphatic heterocycles. The number of ether oxygens (including phenoxy) is 1. The molecule has 1 N–H and O–H groups in total. The van der Waals surface area contributed by atoms with Crippen LogP contribution in [-0.4, -0.2) is 43.4 Å². The van der Waals surface area contributed by atoms with Crippen LogP contribution in [0.25, 0.3) is 6.08 Å². The molecule has 2 unspecified atom stereocenters. The van der Waals surface area contributed by atoms with Gasteiger partial charge in [0.25, 0.3) is 0 Å². The molecule has 0 amide bonds. The molecule has 156 valence electrons. The highest BCUT2D eigenvalue weighted by Crippen LogP contribution is 2.44. The van der Waals surface area contributed by atoms with Crippen molar-refractivity contribution in [2.75, 3.05) is 27.7 Å². The van der Waals surface area contributed by atoms with Gasteiger partial charge in [0.05, 0.1) is 12.7 Å². The van der Waals surface area contributed by atoms with Crippen molar-refractivity contribution in [2.24, 2.45) is 11.8 Å². The van der Waals surface area contributed by atoms with Gasteiger partial charge in [-0.2, -0.15) is 0 Å². The first kappa shape index (κ1) is 21.4. The first-order chi connectivity index (χ1) is 13.5. The summed E-state index contributed by atoms with van der Waals surface area (Å²) in [7, 11) is 5.99. The summed E-state index contributed by atoms with van der Waals surface area (Å²) in [6.07, 6.45) is 14.3. The highest BCUT2D eigenvalue weighted by molar-refractivity contribution is 5.57. The summed E-state index contributed by atoms with van der Waals surface area (Å²) < 4.78 is 5.42. The van der Waals surface area contributed by atoms with Gasteiger partial charge in [-0.3, -0.25) is 0 Å². The van der Waals surface area contributed by atoms with Crippen molar-refractivity contribution in [3.05, 3.63) is 35.4 Å². The van der Waals surface area contributed by atoms with Crippen molar-refractivity contribution < 1.29 is 9.84 Å². The van der Waals surface area contributed by atoms with Gasteiger partial charge < -0.3 is 14.7 Å². The number of nitrogens with zero attached hydrogens (tertiary/aromatic N) is 1. The summed E-state index contributed by atoms with van der Waals surface area (Å²) in [4.78, 5) is 2.25. The average Bonchev–Trinajstić information content (AvgIpc) is 2.82. The van der Waals surface area contributed by atoms with Crippen molar-refractivity contribution in [3.8, 4) is 5.75 Å². The maximum atomic E-state index is 12.2. The molecule has 1 aromatic carbocycles. The van der Waals surface area contributed by atoms with Gasteiger partial charge in [-0.15, -0.1) is 0 Å². The van der Waals surface area contributed by atoms with Crippen LogP contribution in [0, 0.1) is 11.8 Å². The fraction of sp³-hybridized carbons (Fsp3) is 0.680. The summed E-state index contributed by atoms with van der Waals surface area (Å²) in [5.74, 6) is 1.85. The van der Waals surface area contributed by atoms with E-state index in [0.717, 1.165) is 37.1 Å². The predicted molar refractivity (Wildman–Crippen MR) is 118 cm³/mol. The molecule has 0 radical (unpaired) electrons. The van der Waals surface area contributed by atoms with Crippen LogP contribution in [0.1, 0.15) is 69.8 Å². The number of rotatable bonds is 6. The third kappa shape index (κ3) is 5.39. The molecule has 2 fully saturated rings. The number of hydrogen-bond donors (Lipinski definition) is 1. The molecule has 0 bridgehead atoms. The van der Waals surface area contributed by atoms with E-state index in [4.69, 9.17) is 4.74 Å². The summed E-state index contributed by atoms with van der Waals surface area (Å²) in [5.41, 5.74) is 1.70. The summed E-state index contributed by atoms with van der Waals surface area (Å²) in [6.45, 7) is 0.957. The van der Waals surface area contributed by atoms with Crippen molar-refractivity contribution in [1.82, 2.24) is 4.90 Å². The van der Waals surface area contributed by atoms with Crippen LogP contribution in [0.3, 0.4) is 0 Å². The second-order valence-electron chi connectivity index (χ2n) is 9.28. The highest BCUT2D eigenvalue weighted by atomic mass is 16.5. The second kappa shape index (κ2) is 9.93. The van der Waals surface area contributed by atoms with Crippen LogP contribution in [-0.2, 0) is 0 Å². The van der Waals surface area contributed by atoms with E-state index >= 15 is 0 Å². The Balaban J connectivity index is 1.95. The maximum Gasteiger partial charge on any atom is 0.119 e. The highest BCUT2D eigenvalue weighted by Gasteiger charge is 2.42. The molecule has 0 spiro atoms. The van der Waals surface area contributed by atoms with E-state index < -0.39 is 5.60 Å². The average molecular weight is 386 g/mol. The van der Waals surface area contributed by atoms with Crippen LogP contribution >= 0.6 is 0 Å². The van der Waals surface area contributed by atoms with Gasteiger partial charge in [-0.05, 0) is 69.0 Å². The standard InChI is InChI=1S/C25H39NO2/c1-26(2)19-23-14-8-7-13-22(16-21-12-9-15-24(17-21)28-3)25(23,27)18-20-10-5-4-6-11-20/h9,12,15-17,20,23,27H,4-8,10-11,13-14,18-19H2,1-3H3/b22-16+. The van der Waals surface area contributed by atoms with Crippen LogP contribution in [0.5, 0.6) is 5.75 Å². The molecule has 2 atom stereocenters. The first-order valence-electron chi connectivity index (χ1n) is 11.2. The number of benzene rings is 1. The lowest BCUT2D eigenvalue weighted by molar-refractivity contribution is -0.0194. The molecule has 3 heteroatoms. The summed E-state index contributed by atoms with van der Waals surface area (Å²) in [6, 6.07) is 8.24. The normalized spacial score (nSPS) is 28.5. The molecule has 0 heterocycles. The fourth-order valence-corrected chi connectivity index (χ4v) is 5.37. The predicted octanol–water partition coefficient (Wildman–Crippen LogP) is 5.53. The third-order valence-corrected chi connectivity index (χ3v) is 6.82. The topological polar surface area (TPSA) is 32.7 Å². The summed E-state index contributed by atoms with van der Waals surface area (Å²) in [5, 5.41) is 12.2. The van der Waals surface area contributed by atoms with Crippen molar-refractivity contribution >= 4 is 6.08 Å². The fourth-order valence-electron chi connectivity index (χ4n) is 5.37. The lowest BCUT2D eigenvalue weighted by atomic mass is 9.70. The van der Waals surface area contributed by atoms with Gasteiger partial charge in [0, 0.05) is 12.5 Å². The minimum atomic E-state index is -0.689. The van der Waals surface area contributed by atoms with E-state index in [1.165, 1.54) is 50.5 Å². The zero-order chi connectivity index (χ0) is 20.0. The smallest absolute Gasteiger partial charge is 0.119 e. The van der Waals surface area contributed by atoms with Crippen LogP contribution in [0.15, 0.2) is 29.8 Å². The Morgan fingerprint density at radius 1 is 1.11 bits per heavy atom. The van der Waals surface area contributed by atoms with Gasteiger partial charge in [0.15, 0.2) is 0 Å². The van der Waals surface area contributed by atoms with Gasteiger partial charge in [-0.25, -0.2) is 0 Å². The molecule has 2 saturated carbocycles. The molecule has 28 heavy (non-hydrogen) atoms. The van der Waals surface area contributed by atoms with E-state index in [-0.39, 0.29) is 0 Å². The van der Waals surface area contributed by atoms with E-state index in [1.54, 1.807) is 7.11 Å². The lowest BCUT2D eigenvalue weighted by Crippen LogP contribution is -2.45. The van der Waals surface area contributed by atoms with Crippen LogP contribution in [0.2, 0.25) is 0 Å². The molecule has 3 rings (SSSR count). The van der Waals surface area contributed by atoms with Crippen molar-refractivity contribution in [2.45, 2.75) is 69.8 Å². The Kier molecular flexibility index (Phi) is 7.59. The monoisotopic (exact) mass is 385 g/mol. The molecule has 2 aliphatic rings.